The molecule has 20 nitrogen and oxygen atoms in total. The zero-order valence-corrected chi connectivity index (χ0v) is 49.0. The first-order chi connectivity index (χ1) is 43.8. The Labute approximate surface area is 517 Å². The van der Waals surface area contributed by atoms with Gasteiger partial charge in [-0.25, -0.2) is 0 Å². The smallest absolute Gasteiger partial charge is 0.302 e. The molecule has 9 heterocycles. The molecule has 3 atom stereocenters. The highest BCUT2D eigenvalue weighted by Gasteiger charge is 2.47. The molecule has 0 spiro atoms. The summed E-state index contributed by atoms with van der Waals surface area (Å²) >= 11 is 0. The second kappa shape index (κ2) is 30.2. The number of hydrogen-bond donors (Lipinski definition) is 3. The van der Waals surface area contributed by atoms with Crippen LogP contribution in [0.3, 0.4) is 0 Å². The fraction of sp³-hybridized carbons (Fsp3) is 0.171. The zero-order chi connectivity index (χ0) is 63.5. The molecular formula is C70H62N6O14. The van der Waals surface area contributed by atoms with Gasteiger partial charge in [-0.05, 0) is 132 Å². The average molecular weight is 1210 g/mol. The fourth-order valence-corrected chi connectivity index (χ4v) is 10.5. The zero-order valence-electron chi connectivity index (χ0n) is 49.0. The van der Waals surface area contributed by atoms with Gasteiger partial charge in [0.05, 0.1) is 60.2 Å². The lowest BCUT2D eigenvalue weighted by Gasteiger charge is -2.26. The SMILES string of the molecule is CCOC(C)=O.O=C(C1=C(O)C(=O)N(CCc2ccccc2)C1c1ccncc1)c1ccco1.O=C(C1=C(O)C(=O)N(CCc2ccccc2)C1c1ccncc1)c1ccco1.O=C(C1=C(O)C(=O)N(CCc2ccccc2)C1c1ccncc1)c1ccco1. The van der Waals surface area contributed by atoms with Crippen molar-refractivity contribution in [2.75, 3.05) is 26.2 Å². The van der Waals surface area contributed by atoms with E-state index in [2.05, 4.69) is 19.7 Å². The highest BCUT2D eigenvalue weighted by atomic mass is 16.5. The van der Waals surface area contributed by atoms with E-state index in [0.29, 0.717) is 62.2 Å². The van der Waals surface area contributed by atoms with Crippen LogP contribution in [0.15, 0.2) is 267 Å². The van der Waals surface area contributed by atoms with E-state index in [9.17, 15) is 48.9 Å². The predicted octanol–water partition coefficient (Wildman–Crippen LogP) is 11.1. The van der Waals surface area contributed by atoms with Crippen molar-refractivity contribution in [1.29, 1.82) is 0 Å². The highest BCUT2D eigenvalue weighted by Crippen LogP contribution is 2.42. The van der Waals surface area contributed by atoms with Gasteiger partial charge in [0.25, 0.3) is 17.7 Å². The van der Waals surface area contributed by atoms with Crippen LogP contribution in [0.25, 0.3) is 0 Å². The fourth-order valence-electron chi connectivity index (χ4n) is 10.5. The number of carbonyl (C=O) groups excluding carboxylic acids is 7. The van der Waals surface area contributed by atoms with Crippen molar-refractivity contribution in [3.05, 3.63) is 304 Å². The molecule has 0 aliphatic carbocycles. The number of esters is 1. The monoisotopic (exact) mass is 1210 g/mol. The van der Waals surface area contributed by atoms with E-state index in [1.54, 1.807) is 98.7 Å². The number of benzene rings is 3. The Hall–Kier alpha value is -11.5. The number of furan rings is 3. The number of aliphatic hydroxyl groups excluding tert-OH is 3. The second-order valence-electron chi connectivity index (χ2n) is 20.4. The Morgan fingerprint density at radius 3 is 0.889 bits per heavy atom. The third-order valence-electron chi connectivity index (χ3n) is 14.7. The van der Waals surface area contributed by atoms with E-state index in [0.717, 1.165) is 16.7 Å². The van der Waals surface area contributed by atoms with Crippen LogP contribution in [0.1, 0.15) is 97.0 Å². The molecule has 3 aliphatic heterocycles. The first-order valence-electron chi connectivity index (χ1n) is 28.7. The minimum atomic E-state index is -0.697. The molecule has 3 aromatic carbocycles. The summed E-state index contributed by atoms with van der Waals surface area (Å²) in [7, 11) is 0. The molecule has 20 heteroatoms. The first kappa shape index (κ1) is 63.0. The van der Waals surface area contributed by atoms with Crippen molar-refractivity contribution in [3.8, 4) is 0 Å². The lowest BCUT2D eigenvalue weighted by molar-refractivity contribution is -0.140. The predicted molar refractivity (Wildman–Crippen MR) is 327 cm³/mol. The van der Waals surface area contributed by atoms with Crippen LogP contribution in [-0.4, -0.2) is 112 Å². The van der Waals surface area contributed by atoms with Gasteiger partial charge in [0.1, 0.15) is 0 Å². The Kier molecular flexibility index (Phi) is 21.1. The van der Waals surface area contributed by atoms with Crippen LogP contribution < -0.4 is 0 Å². The highest BCUT2D eigenvalue weighted by molar-refractivity contribution is 6.16. The van der Waals surface area contributed by atoms with Crippen molar-refractivity contribution in [3.63, 3.8) is 0 Å². The van der Waals surface area contributed by atoms with Gasteiger partial charge in [-0.1, -0.05) is 91.0 Å². The van der Waals surface area contributed by atoms with E-state index < -0.39 is 70.5 Å². The van der Waals surface area contributed by atoms with Gasteiger partial charge in [0.15, 0.2) is 34.6 Å². The molecule has 0 saturated heterocycles. The van der Waals surface area contributed by atoms with Crippen molar-refractivity contribution in [2.45, 2.75) is 51.2 Å². The van der Waals surface area contributed by atoms with Gasteiger partial charge in [-0.2, -0.15) is 0 Å². The lowest BCUT2D eigenvalue weighted by atomic mass is 9.95. The van der Waals surface area contributed by atoms with E-state index >= 15 is 0 Å². The Morgan fingerprint density at radius 2 is 0.678 bits per heavy atom. The molecular weight excluding hydrogens is 1150 g/mol. The largest absolute Gasteiger partial charge is 0.503 e. The second-order valence-corrected chi connectivity index (χ2v) is 20.4. The van der Waals surface area contributed by atoms with Gasteiger partial charge in [-0.15, -0.1) is 0 Å². The summed E-state index contributed by atoms with van der Waals surface area (Å²) in [6.45, 7) is 4.72. The minimum Gasteiger partial charge on any atom is -0.503 e. The van der Waals surface area contributed by atoms with Gasteiger partial charge in [0.2, 0.25) is 17.3 Å². The number of pyridine rings is 3. The van der Waals surface area contributed by atoms with E-state index in [4.69, 9.17) is 13.3 Å². The molecule has 3 amide bonds. The Bertz CT molecular complexity index is 3590. The van der Waals surface area contributed by atoms with Crippen molar-refractivity contribution >= 4 is 41.0 Å². The quantitative estimate of drug-likeness (QED) is 0.0501. The molecule has 456 valence electrons. The van der Waals surface area contributed by atoms with Crippen LogP contribution in [0.5, 0.6) is 0 Å². The number of ether oxygens (including phenoxy) is 1. The third kappa shape index (κ3) is 14.8. The Balaban J connectivity index is 0.000000153. The molecule has 3 aliphatic rings. The maximum absolute atomic E-state index is 13.0. The molecule has 0 saturated carbocycles. The molecule has 12 rings (SSSR count). The summed E-state index contributed by atoms with van der Waals surface area (Å²) in [6, 6.07) is 46.9. The molecule has 90 heavy (non-hydrogen) atoms. The summed E-state index contributed by atoms with van der Waals surface area (Å²) in [6.07, 6.45) is 15.5. The molecule has 9 aromatic rings. The summed E-state index contributed by atoms with van der Waals surface area (Å²) < 4.78 is 20.0. The van der Waals surface area contributed by atoms with Crippen LogP contribution in [0.4, 0.5) is 0 Å². The molecule has 3 unspecified atom stereocenters. The third-order valence-corrected chi connectivity index (χ3v) is 14.7. The normalized spacial score (nSPS) is 16.0. The molecule has 0 fully saturated rings. The van der Waals surface area contributed by atoms with E-state index in [1.165, 1.54) is 58.6 Å². The molecule has 0 radical (unpaired) electrons. The summed E-state index contributed by atoms with van der Waals surface area (Å²) in [5, 5.41) is 31.6. The number of aliphatic hydroxyl groups is 3. The number of nitrogens with zero attached hydrogens (tertiary/aromatic N) is 6. The number of Topliss-reactive ketones (excluding diaryl/α,β-unsaturated/α-hetero) is 3. The minimum absolute atomic E-state index is 0.0270. The summed E-state index contributed by atoms with van der Waals surface area (Å²) in [4.78, 5) is 104. The number of ketones is 3. The first-order valence-corrected chi connectivity index (χ1v) is 28.7. The molecule has 6 aromatic heterocycles. The van der Waals surface area contributed by atoms with E-state index in [-0.39, 0.29) is 40.0 Å². The standard InChI is InChI=1S/3C22H18N2O4.C4H8O2/c3*25-20(17-7-4-14-28-17)18-19(16-8-11-23-12-9-16)24(22(27)21(18)26)13-10-15-5-2-1-3-6-15;1-3-6-4(2)5/h3*1-9,11-12,14,19,26H,10,13H2;3H2,1-2H3. The molecule has 0 bridgehead atoms. The summed E-state index contributed by atoms with van der Waals surface area (Å²) in [5.41, 5.74) is 5.39. The van der Waals surface area contributed by atoms with Crippen molar-refractivity contribution in [1.82, 2.24) is 29.7 Å². The van der Waals surface area contributed by atoms with Crippen LogP contribution in [-0.2, 0) is 43.2 Å². The van der Waals surface area contributed by atoms with Gasteiger partial charge in [0, 0.05) is 63.7 Å². The topological polar surface area (TPSA) is 277 Å². The number of amides is 3. The van der Waals surface area contributed by atoms with Crippen molar-refractivity contribution in [2.24, 2.45) is 0 Å². The van der Waals surface area contributed by atoms with Crippen LogP contribution >= 0.6 is 0 Å². The maximum Gasteiger partial charge on any atom is 0.302 e. The number of carbonyl (C=O) groups is 7. The number of hydrogen-bond acceptors (Lipinski definition) is 17. The van der Waals surface area contributed by atoms with Crippen LogP contribution in [0, 0.1) is 0 Å². The number of rotatable bonds is 19. The maximum atomic E-state index is 13.0. The lowest BCUT2D eigenvalue weighted by Crippen LogP contribution is -2.33. The van der Waals surface area contributed by atoms with Gasteiger partial charge in [-0.3, -0.25) is 48.5 Å². The van der Waals surface area contributed by atoms with E-state index in [1.807, 2.05) is 91.0 Å². The van der Waals surface area contributed by atoms with Gasteiger partial charge >= 0.3 is 5.97 Å². The average Bonchev–Trinajstić information content (AvgIpc) is 1.68. The van der Waals surface area contributed by atoms with Crippen molar-refractivity contribution < 1.29 is 66.9 Å². The molecule has 3 N–H and O–H groups in total. The Morgan fingerprint density at radius 1 is 0.411 bits per heavy atom. The summed E-state index contributed by atoms with van der Waals surface area (Å²) in [5.74, 6) is -4.75. The van der Waals surface area contributed by atoms with Crippen LogP contribution in [0.2, 0.25) is 0 Å². The van der Waals surface area contributed by atoms with Gasteiger partial charge < -0.3 is 48.0 Å². The number of aromatic nitrogens is 3.